The summed E-state index contributed by atoms with van der Waals surface area (Å²) < 4.78 is 12.6. The van der Waals surface area contributed by atoms with Crippen LogP contribution < -0.4 is 9.47 Å². The highest BCUT2D eigenvalue weighted by molar-refractivity contribution is 5.96. The molecular formula is C31H35NO5. The normalized spacial score (nSPS) is 20.4. The number of allylic oxidation sites excluding steroid dienone is 1. The first-order valence-corrected chi connectivity index (χ1v) is 12.9. The van der Waals surface area contributed by atoms with Crippen molar-refractivity contribution in [3.8, 4) is 23.0 Å². The summed E-state index contributed by atoms with van der Waals surface area (Å²) >= 11 is 0. The summed E-state index contributed by atoms with van der Waals surface area (Å²) in [5, 5.41) is 30.2. The fraction of sp³-hybridized carbons (Fsp3) is 0.355. The predicted octanol–water partition coefficient (Wildman–Crippen LogP) is 5.76. The van der Waals surface area contributed by atoms with Gasteiger partial charge in [0.05, 0.1) is 6.61 Å². The van der Waals surface area contributed by atoms with Crippen molar-refractivity contribution < 1.29 is 24.8 Å². The van der Waals surface area contributed by atoms with E-state index in [1.165, 1.54) is 6.42 Å². The van der Waals surface area contributed by atoms with Crippen LogP contribution in [-0.4, -0.2) is 46.0 Å². The molecule has 3 atom stereocenters. The average molecular weight is 502 g/mol. The largest absolute Gasteiger partial charge is 0.508 e. The van der Waals surface area contributed by atoms with Gasteiger partial charge in [-0.2, -0.15) is 0 Å². The van der Waals surface area contributed by atoms with Crippen LogP contribution in [0.3, 0.4) is 0 Å². The highest BCUT2D eigenvalue weighted by atomic mass is 16.5. The van der Waals surface area contributed by atoms with E-state index in [4.69, 9.17) is 9.47 Å². The molecule has 1 saturated heterocycles. The van der Waals surface area contributed by atoms with Crippen molar-refractivity contribution in [1.29, 1.82) is 0 Å². The first kappa shape index (κ1) is 25.2. The lowest BCUT2D eigenvalue weighted by molar-refractivity contribution is 0.169. The maximum absolute atomic E-state index is 10.1. The molecule has 2 aliphatic rings. The molecule has 0 saturated carbocycles. The molecule has 0 aliphatic carbocycles. The first-order chi connectivity index (χ1) is 17.8. The van der Waals surface area contributed by atoms with E-state index in [0.29, 0.717) is 24.0 Å². The van der Waals surface area contributed by atoms with E-state index >= 15 is 0 Å². The molecule has 1 fully saturated rings. The maximum Gasteiger partial charge on any atom is 0.150 e. The third-order valence-corrected chi connectivity index (χ3v) is 7.58. The molecular weight excluding hydrogens is 466 g/mol. The summed E-state index contributed by atoms with van der Waals surface area (Å²) in [5.41, 5.74) is 4.97. The Bertz CT molecular complexity index is 1300. The van der Waals surface area contributed by atoms with Gasteiger partial charge < -0.3 is 24.8 Å². The van der Waals surface area contributed by atoms with Gasteiger partial charge in [0.25, 0.3) is 0 Å². The Labute approximate surface area is 218 Å². The summed E-state index contributed by atoms with van der Waals surface area (Å²) in [7, 11) is 0. The molecule has 6 nitrogen and oxygen atoms in total. The van der Waals surface area contributed by atoms with E-state index in [9.17, 15) is 15.3 Å². The summed E-state index contributed by atoms with van der Waals surface area (Å²) in [6, 6.07) is 18.4. The fourth-order valence-electron chi connectivity index (χ4n) is 5.42. The van der Waals surface area contributed by atoms with Crippen LogP contribution in [0.2, 0.25) is 0 Å². The number of phenolic OH excluding ortho intramolecular Hbond substituents is 2. The van der Waals surface area contributed by atoms with Gasteiger partial charge in [-0.05, 0) is 97.5 Å². The number of phenols is 2. The molecule has 0 spiro atoms. The third kappa shape index (κ3) is 5.17. The number of hydrogen-bond donors (Lipinski definition) is 3. The Hall–Kier alpha value is -3.48. The van der Waals surface area contributed by atoms with Gasteiger partial charge in [-0.3, -0.25) is 4.90 Å². The number of likely N-dealkylation sites (tertiary alicyclic amines) is 1. The molecule has 2 aliphatic heterocycles. The number of fused-ring (bicyclic) bond motifs is 1. The van der Waals surface area contributed by atoms with Gasteiger partial charge in [-0.15, -0.1) is 0 Å². The summed E-state index contributed by atoms with van der Waals surface area (Å²) in [6.45, 7) is 9.19. The number of aliphatic hydroxyl groups excluding tert-OH is 1. The minimum absolute atomic E-state index is 0.0940. The smallest absolute Gasteiger partial charge is 0.150 e. The molecule has 0 bridgehead atoms. The Morgan fingerprint density at radius 1 is 1.00 bits per heavy atom. The highest BCUT2D eigenvalue weighted by Crippen LogP contribution is 2.48. The summed E-state index contributed by atoms with van der Waals surface area (Å²) in [4.78, 5) is 2.49. The lowest BCUT2D eigenvalue weighted by Gasteiger charge is -2.32. The zero-order chi connectivity index (χ0) is 26.1. The van der Waals surface area contributed by atoms with Crippen LogP contribution in [0.1, 0.15) is 55.5 Å². The summed E-state index contributed by atoms with van der Waals surface area (Å²) in [6.07, 6.45) is 0.809. The quantitative estimate of drug-likeness (QED) is 0.382. The number of benzene rings is 3. The molecule has 37 heavy (non-hydrogen) atoms. The molecule has 3 aromatic carbocycles. The molecule has 0 radical (unpaired) electrons. The van der Waals surface area contributed by atoms with Gasteiger partial charge in [0.1, 0.15) is 35.7 Å². The van der Waals surface area contributed by atoms with Gasteiger partial charge in [-0.25, -0.2) is 0 Å². The Kier molecular flexibility index (Phi) is 7.13. The number of nitrogens with zero attached hydrogens (tertiary/aromatic N) is 1. The van der Waals surface area contributed by atoms with Crippen LogP contribution in [0.5, 0.6) is 23.0 Å². The lowest BCUT2D eigenvalue weighted by atomic mass is 9.84. The van der Waals surface area contributed by atoms with Gasteiger partial charge in [-0.1, -0.05) is 25.1 Å². The van der Waals surface area contributed by atoms with Crippen LogP contribution in [0.15, 0.2) is 60.7 Å². The van der Waals surface area contributed by atoms with Crippen LogP contribution in [-0.2, 0) is 6.61 Å². The van der Waals surface area contributed by atoms with E-state index in [-0.39, 0.29) is 18.1 Å². The number of hydrogen-bond acceptors (Lipinski definition) is 6. The Morgan fingerprint density at radius 3 is 2.43 bits per heavy atom. The zero-order valence-corrected chi connectivity index (χ0v) is 21.6. The van der Waals surface area contributed by atoms with Crippen LogP contribution >= 0.6 is 0 Å². The molecule has 3 N–H and O–H groups in total. The van der Waals surface area contributed by atoms with Crippen molar-refractivity contribution in [2.45, 2.75) is 45.9 Å². The minimum Gasteiger partial charge on any atom is -0.508 e. The first-order valence-electron chi connectivity index (χ1n) is 12.9. The van der Waals surface area contributed by atoms with Gasteiger partial charge in [0.15, 0.2) is 0 Å². The van der Waals surface area contributed by atoms with E-state index in [0.717, 1.165) is 52.6 Å². The minimum atomic E-state index is -0.439. The van der Waals surface area contributed by atoms with Gasteiger partial charge in [0, 0.05) is 23.7 Å². The number of aromatic hydroxyl groups is 2. The van der Waals surface area contributed by atoms with E-state index < -0.39 is 6.10 Å². The maximum atomic E-state index is 10.1. The monoisotopic (exact) mass is 501 g/mol. The molecule has 0 aromatic heterocycles. The predicted molar refractivity (Wildman–Crippen MR) is 145 cm³/mol. The molecule has 3 aromatic rings. The molecule has 2 heterocycles. The lowest BCUT2D eigenvalue weighted by Crippen LogP contribution is -2.35. The van der Waals surface area contributed by atoms with Gasteiger partial charge in [0.2, 0.25) is 0 Å². The number of aliphatic hydroxyl groups is 1. The average Bonchev–Trinajstić information content (AvgIpc) is 3.34. The fourth-order valence-corrected chi connectivity index (χ4v) is 5.42. The molecule has 0 amide bonds. The highest BCUT2D eigenvalue weighted by Gasteiger charge is 2.31. The SMILES string of the molecule is CC1=C(c2ccc(O)cc2CO)C(c2ccc(OC[C@H](C)N3CC[C@@H](C)C3)cc2)Oc2ccc(O)cc21. The second-order valence-electron chi connectivity index (χ2n) is 10.3. The summed E-state index contributed by atoms with van der Waals surface area (Å²) in [5.74, 6) is 2.49. The second-order valence-corrected chi connectivity index (χ2v) is 10.3. The van der Waals surface area contributed by atoms with Crippen molar-refractivity contribution >= 4 is 11.1 Å². The third-order valence-electron chi connectivity index (χ3n) is 7.58. The topological polar surface area (TPSA) is 82.4 Å². The van der Waals surface area contributed by atoms with Crippen molar-refractivity contribution in [3.05, 3.63) is 82.9 Å². The van der Waals surface area contributed by atoms with Crippen LogP contribution in [0.4, 0.5) is 0 Å². The number of rotatable bonds is 7. The van der Waals surface area contributed by atoms with E-state index in [2.05, 4.69) is 18.7 Å². The molecule has 5 rings (SSSR count). The van der Waals surface area contributed by atoms with E-state index in [1.807, 2.05) is 37.3 Å². The Balaban J connectivity index is 1.45. The van der Waals surface area contributed by atoms with Gasteiger partial charge >= 0.3 is 0 Å². The van der Waals surface area contributed by atoms with Crippen molar-refractivity contribution in [2.24, 2.45) is 5.92 Å². The Morgan fingerprint density at radius 2 is 1.73 bits per heavy atom. The van der Waals surface area contributed by atoms with Crippen LogP contribution in [0.25, 0.3) is 11.1 Å². The standard InChI is InChI=1S/C31H35NO5/c1-19-12-13-32(16-19)20(2)18-36-26-8-4-22(5-9-26)31-30(27-10-6-24(34)14-23(27)17-33)21(3)28-15-25(35)7-11-29(28)37-31/h4-11,14-15,19-20,31,33-35H,12-13,16-18H2,1-3H3/t19-,20+,31?/m1/s1. The van der Waals surface area contributed by atoms with E-state index in [1.54, 1.807) is 30.3 Å². The number of ether oxygens (including phenoxy) is 2. The van der Waals surface area contributed by atoms with Crippen molar-refractivity contribution in [3.63, 3.8) is 0 Å². The van der Waals surface area contributed by atoms with Crippen molar-refractivity contribution in [2.75, 3.05) is 19.7 Å². The molecule has 194 valence electrons. The molecule has 1 unspecified atom stereocenters. The zero-order valence-electron chi connectivity index (χ0n) is 21.6. The van der Waals surface area contributed by atoms with Crippen LogP contribution in [0, 0.1) is 5.92 Å². The second kappa shape index (κ2) is 10.5. The molecule has 6 heteroatoms. The van der Waals surface area contributed by atoms with Crippen molar-refractivity contribution in [1.82, 2.24) is 4.90 Å².